The van der Waals surface area contributed by atoms with E-state index in [9.17, 15) is 9.59 Å². The number of hydrogen-bond donors (Lipinski definition) is 4. The van der Waals surface area contributed by atoms with Crippen LogP contribution in [0.15, 0.2) is 52.1 Å². The molecule has 2 heterocycles. The highest BCUT2D eigenvalue weighted by Gasteiger charge is 2.29. The maximum atomic E-state index is 12.7. The average Bonchev–Trinajstić information content (AvgIpc) is 3.30. The van der Waals surface area contributed by atoms with Gasteiger partial charge in [0.25, 0.3) is 11.1 Å². The van der Waals surface area contributed by atoms with E-state index in [2.05, 4.69) is 43.0 Å². The number of rotatable bonds is 8. The molecule has 0 fully saturated rings. The van der Waals surface area contributed by atoms with Crippen molar-refractivity contribution in [1.29, 1.82) is 0 Å². The van der Waals surface area contributed by atoms with Crippen molar-refractivity contribution < 1.29 is 9.47 Å². The zero-order valence-electron chi connectivity index (χ0n) is 18.5. The summed E-state index contributed by atoms with van der Waals surface area (Å²) < 4.78 is 12.9. The third-order valence-electron chi connectivity index (χ3n) is 5.49. The molecule has 0 radical (unpaired) electrons. The molecule has 0 aliphatic rings. The van der Waals surface area contributed by atoms with Crippen LogP contribution in [-0.4, -0.2) is 27.0 Å². The Labute approximate surface area is 203 Å². The zero-order valence-corrected chi connectivity index (χ0v) is 20.7. The quantitative estimate of drug-likeness (QED) is 0.243. The van der Waals surface area contributed by atoms with Gasteiger partial charge in [0, 0.05) is 17.3 Å². The van der Waals surface area contributed by atoms with E-state index >= 15 is 0 Å². The smallest absolute Gasteiger partial charge is 0.268 e. The average molecular weight is 560 g/mol. The number of nitrogens with one attached hydrogen (secondary N) is 4. The van der Waals surface area contributed by atoms with Gasteiger partial charge in [0.15, 0.2) is 11.5 Å². The molecular formula is C24H25IN4O4. The Morgan fingerprint density at radius 1 is 0.879 bits per heavy atom. The lowest BCUT2D eigenvalue weighted by Gasteiger charge is -2.20. The minimum absolute atomic E-state index is 0.269. The number of aryl methyl sites for hydroxylation is 2. The van der Waals surface area contributed by atoms with Crippen LogP contribution in [0.5, 0.6) is 11.5 Å². The van der Waals surface area contributed by atoms with Crippen LogP contribution in [0.3, 0.4) is 0 Å². The van der Waals surface area contributed by atoms with E-state index in [-0.39, 0.29) is 11.1 Å². The van der Waals surface area contributed by atoms with Gasteiger partial charge in [-0.15, -0.1) is 0 Å². The first-order valence-electron chi connectivity index (χ1n) is 10.6. The van der Waals surface area contributed by atoms with Crippen LogP contribution < -0.4 is 20.6 Å². The second kappa shape index (κ2) is 9.74. The molecule has 2 aromatic carbocycles. The zero-order chi connectivity index (χ0) is 23.5. The first kappa shape index (κ1) is 23.0. The Morgan fingerprint density at radius 3 is 2.00 bits per heavy atom. The Bertz CT molecular complexity index is 1310. The fourth-order valence-corrected chi connectivity index (χ4v) is 4.75. The van der Waals surface area contributed by atoms with Crippen molar-refractivity contribution in [3.05, 3.63) is 100 Å². The molecule has 33 heavy (non-hydrogen) atoms. The highest BCUT2D eigenvalue weighted by Crippen LogP contribution is 2.40. The molecule has 9 heteroatoms. The lowest BCUT2D eigenvalue weighted by Crippen LogP contribution is -2.20. The van der Waals surface area contributed by atoms with Gasteiger partial charge in [0.2, 0.25) is 0 Å². The summed E-state index contributed by atoms with van der Waals surface area (Å²) in [6, 6.07) is 13.7. The molecule has 8 nitrogen and oxygen atoms in total. The molecule has 4 N–H and O–H groups in total. The van der Waals surface area contributed by atoms with Gasteiger partial charge in [-0.05, 0) is 66.6 Å². The molecule has 0 aliphatic heterocycles. The third kappa shape index (κ3) is 4.63. The highest BCUT2D eigenvalue weighted by molar-refractivity contribution is 14.1. The number of ether oxygens (including phenoxy) is 2. The van der Waals surface area contributed by atoms with Gasteiger partial charge in [0.05, 0.1) is 21.3 Å². The summed E-state index contributed by atoms with van der Waals surface area (Å²) >= 11 is 2.21. The minimum Gasteiger partial charge on any atom is -0.490 e. The summed E-state index contributed by atoms with van der Waals surface area (Å²) in [6.07, 6.45) is 0. The monoisotopic (exact) mass is 560 g/mol. The van der Waals surface area contributed by atoms with Gasteiger partial charge in [-0.3, -0.25) is 19.8 Å². The summed E-state index contributed by atoms with van der Waals surface area (Å²) in [6.45, 7) is 6.36. The van der Waals surface area contributed by atoms with Gasteiger partial charge in [-0.1, -0.05) is 30.3 Å². The third-order valence-corrected chi connectivity index (χ3v) is 6.29. The van der Waals surface area contributed by atoms with Crippen LogP contribution in [0.25, 0.3) is 0 Å². The first-order chi connectivity index (χ1) is 15.9. The molecule has 4 rings (SSSR count). The normalized spacial score (nSPS) is 11.2. The Hall–Kier alpha value is -3.21. The highest BCUT2D eigenvalue weighted by atomic mass is 127. The van der Waals surface area contributed by atoms with E-state index in [1.807, 2.05) is 63.2 Å². The van der Waals surface area contributed by atoms with Crippen molar-refractivity contribution in [1.82, 2.24) is 20.4 Å². The Kier molecular flexibility index (Phi) is 6.77. The van der Waals surface area contributed by atoms with Crippen LogP contribution in [0.4, 0.5) is 0 Å². The van der Waals surface area contributed by atoms with E-state index in [1.54, 1.807) is 0 Å². The first-order valence-corrected chi connectivity index (χ1v) is 11.7. The van der Waals surface area contributed by atoms with Crippen molar-refractivity contribution in [3.63, 3.8) is 0 Å². The van der Waals surface area contributed by atoms with Gasteiger partial charge in [0.1, 0.15) is 6.61 Å². The summed E-state index contributed by atoms with van der Waals surface area (Å²) in [7, 11) is 0. The van der Waals surface area contributed by atoms with Gasteiger partial charge < -0.3 is 19.7 Å². The van der Waals surface area contributed by atoms with Crippen LogP contribution >= 0.6 is 22.6 Å². The second-order valence-corrected chi connectivity index (χ2v) is 8.87. The molecule has 0 aliphatic carbocycles. The van der Waals surface area contributed by atoms with Crippen molar-refractivity contribution in [2.75, 3.05) is 6.61 Å². The largest absolute Gasteiger partial charge is 0.490 e. The lowest BCUT2D eigenvalue weighted by atomic mass is 9.85. The molecule has 0 saturated carbocycles. The van der Waals surface area contributed by atoms with E-state index < -0.39 is 5.92 Å². The summed E-state index contributed by atoms with van der Waals surface area (Å²) in [4.78, 5) is 25.5. The second-order valence-electron chi connectivity index (χ2n) is 7.71. The van der Waals surface area contributed by atoms with Crippen LogP contribution in [-0.2, 0) is 6.61 Å². The molecule has 0 amide bonds. The molecule has 4 aromatic rings. The Morgan fingerprint density at radius 2 is 1.48 bits per heavy atom. The van der Waals surface area contributed by atoms with Crippen molar-refractivity contribution in [3.8, 4) is 11.5 Å². The fourth-order valence-electron chi connectivity index (χ4n) is 3.97. The number of aromatic amines is 4. The standard InChI is InChI=1S/C24H25IN4O4/c1-4-32-18-11-16(10-17(25)22(18)33-12-15-8-6-5-7-9-15)21(19-13(2)26-28-23(19)30)20-14(3)27-29-24(20)31/h5-11,21H,4,12H2,1-3H3,(H2,26,28,30)(H2,27,29,31). The number of halogens is 1. The number of benzene rings is 2. The van der Waals surface area contributed by atoms with Gasteiger partial charge in [-0.25, -0.2) is 0 Å². The summed E-state index contributed by atoms with van der Waals surface area (Å²) in [5, 5.41) is 11.0. The molecule has 0 atom stereocenters. The fraction of sp³-hybridized carbons (Fsp3) is 0.250. The van der Waals surface area contributed by atoms with Crippen molar-refractivity contribution in [2.24, 2.45) is 0 Å². The van der Waals surface area contributed by atoms with E-state index in [0.717, 1.165) is 14.7 Å². The van der Waals surface area contributed by atoms with Crippen molar-refractivity contribution >= 4 is 22.6 Å². The number of H-pyrrole nitrogens is 4. The number of aromatic nitrogens is 4. The number of hydrogen-bond acceptors (Lipinski definition) is 4. The molecule has 0 spiro atoms. The summed E-state index contributed by atoms with van der Waals surface area (Å²) in [5.41, 5.74) is 3.58. The summed E-state index contributed by atoms with van der Waals surface area (Å²) in [5.74, 6) is 0.601. The van der Waals surface area contributed by atoms with Crippen molar-refractivity contribution in [2.45, 2.75) is 33.3 Å². The molecule has 172 valence electrons. The van der Waals surface area contributed by atoms with E-state index in [4.69, 9.17) is 9.47 Å². The van der Waals surface area contributed by atoms with Crippen LogP contribution in [0.1, 0.15) is 46.5 Å². The van der Waals surface area contributed by atoms with Gasteiger partial charge >= 0.3 is 0 Å². The SMILES string of the molecule is CCOc1cc(C(c2c(C)[nH][nH]c2=O)c2c(C)[nH][nH]c2=O)cc(I)c1OCc1ccccc1. The molecular weight excluding hydrogens is 535 g/mol. The molecule has 0 saturated heterocycles. The molecule has 0 unspecified atom stereocenters. The van der Waals surface area contributed by atoms with E-state index in [1.165, 1.54) is 0 Å². The topological polar surface area (TPSA) is 116 Å². The van der Waals surface area contributed by atoms with Crippen LogP contribution in [0.2, 0.25) is 0 Å². The minimum atomic E-state index is -0.592. The predicted molar refractivity (Wildman–Crippen MR) is 134 cm³/mol. The van der Waals surface area contributed by atoms with Crippen LogP contribution in [0, 0.1) is 17.4 Å². The van der Waals surface area contributed by atoms with Gasteiger partial charge in [-0.2, -0.15) is 0 Å². The maximum absolute atomic E-state index is 12.7. The van der Waals surface area contributed by atoms with E-state index in [0.29, 0.717) is 47.2 Å². The maximum Gasteiger partial charge on any atom is 0.268 e. The molecule has 2 aromatic heterocycles. The lowest BCUT2D eigenvalue weighted by molar-refractivity contribution is 0.267. The molecule has 0 bridgehead atoms. The Balaban J connectivity index is 1.84. The predicted octanol–water partition coefficient (Wildman–Crippen LogP) is 4.10.